The van der Waals surface area contributed by atoms with Gasteiger partial charge in [0.2, 0.25) is 0 Å². The molecule has 0 fully saturated rings. The van der Waals surface area contributed by atoms with Gasteiger partial charge in [0, 0.05) is 5.56 Å². The van der Waals surface area contributed by atoms with Crippen LogP contribution in [0, 0.1) is 12.7 Å². The summed E-state index contributed by atoms with van der Waals surface area (Å²) in [5.74, 6) is -0.198. The number of hydrogen-bond acceptors (Lipinski definition) is 3. The number of benzene rings is 1. The third-order valence-electron chi connectivity index (χ3n) is 2.54. The van der Waals surface area contributed by atoms with Crippen molar-refractivity contribution in [3.05, 3.63) is 41.8 Å². The number of pyridine rings is 1. The maximum Gasteiger partial charge on any atom is 0.174 e. The number of hydrogen-bond donors (Lipinski definition) is 1. The average molecular weight is 232 g/mol. The fourth-order valence-corrected chi connectivity index (χ4v) is 1.73. The van der Waals surface area contributed by atoms with Crippen molar-refractivity contribution < 1.29 is 9.13 Å². The molecule has 17 heavy (non-hydrogen) atoms. The number of methoxy groups -OCH3 is 1. The number of rotatable bonds is 2. The molecule has 4 heteroatoms. The van der Waals surface area contributed by atoms with Crippen LogP contribution in [0.4, 0.5) is 10.1 Å². The maximum atomic E-state index is 14.0. The zero-order chi connectivity index (χ0) is 12.4. The predicted molar refractivity (Wildman–Crippen MR) is 65.3 cm³/mol. The molecular weight excluding hydrogens is 219 g/mol. The zero-order valence-electron chi connectivity index (χ0n) is 9.70. The van der Waals surface area contributed by atoms with Crippen molar-refractivity contribution in [2.75, 3.05) is 12.8 Å². The molecule has 1 aromatic carbocycles. The van der Waals surface area contributed by atoms with Crippen LogP contribution in [-0.2, 0) is 0 Å². The number of anilines is 1. The van der Waals surface area contributed by atoms with E-state index in [9.17, 15) is 4.39 Å². The molecule has 0 atom stereocenters. The van der Waals surface area contributed by atoms with Gasteiger partial charge in [-0.15, -0.1) is 0 Å². The summed E-state index contributed by atoms with van der Waals surface area (Å²) in [5.41, 5.74) is 8.01. The Bertz CT molecular complexity index is 555. The van der Waals surface area contributed by atoms with Crippen molar-refractivity contribution in [1.82, 2.24) is 4.98 Å². The summed E-state index contributed by atoms with van der Waals surface area (Å²) in [6, 6.07) is 6.74. The van der Waals surface area contributed by atoms with Gasteiger partial charge in [-0.3, -0.25) is 4.98 Å². The summed E-state index contributed by atoms with van der Waals surface area (Å²) >= 11 is 0. The van der Waals surface area contributed by atoms with E-state index in [1.807, 2.05) is 6.92 Å². The predicted octanol–water partition coefficient (Wildman–Crippen LogP) is 2.79. The van der Waals surface area contributed by atoms with E-state index in [4.69, 9.17) is 10.5 Å². The molecule has 0 amide bonds. The van der Waals surface area contributed by atoms with Gasteiger partial charge in [0.05, 0.1) is 24.7 Å². The Hall–Kier alpha value is -2.10. The lowest BCUT2D eigenvalue weighted by Crippen LogP contribution is -1.96. The van der Waals surface area contributed by atoms with Crippen molar-refractivity contribution in [3.63, 3.8) is 0 Å². The first-order chi connectivity index (χ1) is 8.13. The molecule has 1 heterocycles. The lowest BCUT2D eigenvalue weighted by molar-refractivity contribution is 0.387. The highest BCUT2D eigenvalue weighted by Gasteiger charge is 2.13. The minimum atomic E-state index is -0.407. The molecule has 0 radical (unpaired) electrons. The summed E-state index contributed by atoms with van der Waals surface area (Å²) in [7, 11) is 1.44. The van der Waals surface area contributed by atoms with Crippen LogP contribution in [0.3, 0.4) is 0 Å². The van der Waals surface area contributed by atoms with Crippen molar-refractivity contribution in [2.45, 2.75) is 6.92 Å². The van der Waals surface area contributed by atoms with Gasteiger partial charge in [0.25, 0.3) is 0 Å². The number of nitrogen functional groups attached to an aromatic ring is 1. The molecule has 2 aromatic rings. The van der Waals surface area contributed by atoms with Gasteiger partial charge in [-0.25, -0.2) is 4.39 Å². The number of nitrogens with two attached hydrogens (primary N) is 1. The molecule has 88 valence electrons. The molecule has 2 rings (SSSR count). The number of aryl methyl sites for hydroxylation is 1. The Morgan fingerprint density at radius 3 is 2.76 bits per heavy atom. The van der Waals surface area contributed by atoms with Gasteiger partial charge >= 0.3 is 0 Å². The van der Waals surface area contributed by atoms with E-state index in [0.29, 0.717) is 16.9 Å². The fraction of sp³-hybridized carbons (Fsp3) is 0.154. The highest BCUT2D eigenvalue weighted by Crippen LogP contribution is 2.29. The first-order valence-electron chi connectivity index (χ1n) is 5.18. The van der Waals surface area contributed by atoms with Gasteiger partial charge < -0.3 is 10.5 Å². The monoisotopic (exact) mass is 232 g/mol. The minimum Gasteiger partial charge on any atom is -0.494 e. The highest BCUT2D eigenvalue weighted by molar-refractivity contribution is 5.67. The molecule has 0 saturated heterocycles. The number of nitrogens with zero attached hydrogens (tertiary/aromatic N) is 1. The first-order valence-corrected chi connectivity index (χ1v) is 5.18. The highest BCUT2D eigenvalue weighted by atomic mass is 19.1. The third kappa shape index (κ3) is 2.06. The van der Waals surface area contributed by atoms with Crippen molar-refractivity contribution in [3.8, 4) is 17.0 Å². The van der Waals surface area contributed by atoms with Crippen LogP contribution in [0.15, 0.2) is 30.5 Å². The van der Waals surface area contributed by atoms with Crippen LogP contribution in [-0.4, -0.2) is 12.1 Å². The second-order valence-corrected chi connectivity index (χ2v) is 3.76. The maximum absolute atomic E-state index is 14.0. The molecule has 0 bridgehead atoms. The lowest BCUT2D eigenvalue weighted by Gasteiger charge is -2.09. The van der Waals surface area contributed by atoms with Gasteiger partial charge in [-0.05, 0) is 30.7 Å². The largest absolute Gasteiger partial charge is 0.494 e. The summed E-state index contributed by atoms with van der Waals surface area (Å²) in [6.07, 6.45) is 1.52. The van der Waals surface area contributed by atoms with E-state index in [1.165, 1.54) is 13.3 Å². The minimum absolute atomic E-state index is 0.209. The van der Waals surface area contributed by atoms with E-state index in [2.05, 4.69) is 4.98 Å². The molecule has 3 nitrogen and oxygen atoms in total. The van der Waals surface area contributed by atoms with Gasteiger partial charge in [0.1, 0.15) is 0 Å². The summed E-state index contributed by atoms with van der Waals surface area (Å²) in [6.45, 7) is 1.84. The SMILES string of the molecule is COc1cccc(-c2ncc(N)cc2C)c1F. The van der Waals surface area contributed by atoms with Gasteiger partial charge in [-0.1, -0.05) is 6.07 Å². The van der Waals surface area contributed by atoms with Crippen LogP contribution in [0.5, 0.6) is 5.75 Å². The van der Waals surface area contributed by atoms with Crippen molar-refractivity contribution >= 4 is 5.69 Å². The van der Waals surface area contributed by atoms with Crippen LogP contribution >= 0.6 is 0 Å². The molecule has 0 unspecified atom stereocenters. The third-order valence-corrected chi connectivity index (χ3v) is 2.54. The molecule has 0 aliphatic heterocycles. The normalized spacial score (nSPS) is 10.3. The summed E-state index contributed by atoms with van der Waals surface area (Å²) in [5, 5.41) is 0. The number of halogens is 1. The Labute approximate surface area is 99.1 Å². The summed E-state index contributed by atoms with van der Waals surface area (Å²) < 4.78 is 19.0. The quantitative estimate of drug-likeness (QED) is 0.866. The van der Waals surface area contributed by atoms with Crippen LogP contribution in [0.2, 0.25) is 0 Å². The fourth-order valence-electron chi connectivity index (χ4n) is 1.73. The Kier molecular flexibility index (Phi) is 2.95. The Morgan fingerprint density at radius 1 is 1.35 bits per heavy atom. The molecule has 0 spiro atoms. The second kappa shape index (κ2) is 4.41. The van der Waals surface area contributed by atoms with Gasteiger partial charge in [-0.2, -0.15) is 0 Å². The smallest absolute Gasteiger partial charge is 0.174 e. The Morgan fingerprint density at radius 2 is 2.12 bits per heavy atom. The second-order valence-electron chi connectivity index (χ2n) is 3.76. The van der Waals surface area contributed by atoms with Crippen LogP contribution < -0.4 is 10.5 Å². The average Bonchev–Trinajstić information content (AvgIpc) is 2.30. The van der Waals surface area contributed by atoms with Gasteiger partial charge in [0.15, 0.2) is 11.6 Å². The summed E-state index contributed by atoms with van der Waals surface area (Å²) in [4.78, 5) is 4.16. The van der Waals surface area contributed by atoms with E-state index in [-0.39, 0.29) is 5.75 Å². The van der Waals surface area contributed by atoms with Crippen LogP contribution in [0.25, 0.3) is 11.3 Å². The van der Waals surface area contributed by atoms with E-state index < -0.39 is 5.82 Å². The van der Waals surface area contributed by atoms with Crippen molar-refractivity contribution in [1.29, 1.82) is 0 Å². The number of aromatic nitrogens is 1. The molecule has 0 saturated carbocycles. The zero-order valence-corrected chi connectivity index (χ0v) is 9.70. The van der Waals surface area contributed by atoms with Crippen molar-refractivity contribution in [2.24, 2.45) is 0 Å². The Balaban J connectivity index is 2.60. The standard InChI is InChI=1S/C13H13FN2O/c1-8-6-9(15)7-16-13(8)10-4-3-5-11(17-2)12(10)14/h3-7H,15H2,1-2H3. The van der Waals surface area contributed by atoms with Crippen LogP contribution in [0.1, 0.15) is 5.56 Å². The number of ether oxygens (including phenoxy) is 1. The molecule has 0 aliphatic carbocycles. The topological polar surface area (TPSA) is 48.1 Å². The molecular formula is C13H13FN2O. The molecule has 1 aromatic heterocycles. The first kappa shape index (κ1) is 11.4. The van der Waals surface area contributed by atoms with E-state index in [1.54, 1.807) is 24.3 Å². The molecule has 0 aliphatic rings. The lowest BCUT2D eigenvalue weighted by atomic mass is 10.1. The van der Waals surface area contributed by atoms with E-state index in [0.717, 1.165) is 5.56 Å². The van der Waals surface area contributed by atoms with E-state index >= 15 is 0 Å². The molecule has 2 N–H and O–H groups in total.